The Balaban J connectivity index is 2.68. The predicted molar refractivity (Wildman–Crippen MR) is 102 cm³/mol. The highest BCUT2D eigenvalue weighted by atomic mass is 35.5. The van der Waals surface area contributed by atoms with E-state index in [9.17, 15) is 18.0 Å². The number of carbonyl (C=O) groups excluding carboxylic acids is 1. The summed E-state index contributed by atoms with van der Waals surface area (Å²) in [5.41, 5.74) is 0.499. The van der Waals surface area contributed by atoms with Crippen molar-refractivity contribution in [2.24, 2.45) is 4.99 Å². The maximum atomic E-state index is 12.4. The van der Waals surface area contributed by atoms with Crippen molar-refractivity contribution in [3.63, 3.8) is 0 Å². The maximum absolute atomic E-state index is 12.4. The van der Waals surface area contributed by atoms with Gasteiger partial charge in [-0.05, 0) is 19.1 Å². The lowest BCUT2D eigenvalue weighted by atomic mass is 10.2. The van der Waals surface area contributed by atoms with Gasteiger partial charge in [0.25, 0.3) is 5.79 Å². The summed E-state index contributed by atoms with van der Waals surface area (Å²) in [6, 6.07) is 2.40. The Morgan fingerprint density at radius 2 is 2.18 bits per heavy atom. The van der Waals surface area contributed by atoms with E-state index in [1.165, 1.54) is 17.3 Å². The molecule has 0 saturated carbocycles. The van der Waals surface area contributed by atoms with E-state index in [-0.39, 0.29) is 23.9 Å². The van der Waals surface area contributed by atoms with Crippen LogP contribution in [0.2, 0.25) is 0 Å². The van der Waals surface area contributed by atoms with Crippen molar-refractivity contribution in [3.8, 4) is 0 Å². The third kappa shape index (κ3) is 7.38. The second-order valence-corrected chi connectivity index (χ2v) is 7.09. The number of aliphatic hydroxyl groups is 2. The molecule has 1 heterocycles. The summed E-state index contributed by atoms with van der Waals surface area (Å²) in [5.74, 6) is -5.37. The van der Waals surface area contributed by atoms with Gasteiger partial charge in [0.15, 0.2) is 0 Å². The molecule has 0 saturated heterocycles. The molecule has 1 amide bonds. The number of hydrogen-bond acceptors (Lipinski definition) is 7. The standard InChI is InChI=1S/C16H20ClF3N4O3S/c1-2-24(12(14(17)21)9-23-11-4-3-6-22-8-11)13(25)5-7-28-10-15(26,27)16(18,19)20/h3-4,6,8-9,12,21,26-27H,2,5,7,10H2,1H3. The summed E-state index contributed by atoms with van der Waals surface area (Å²) in [5, 5.41) is 25.2. The van der Waals surface area contributed by atoms with Crippen molar-refractivity contribution in [1.82, 2.24) is 9.88 Å². The van der Waals surface area contributed by atoms with Crippen LogP contribution in [0.25, 0.3) is 0 Å². The van der Waals surface area contributed by atoms with Crippen molar-refractivity contribution in [2.75, 3.05) is 18.1 Å². The lowest BCUT2D eigenvalue weighted by molar-refractivity contribution is -0.336. The van der Waals surface area contributed by atoms with E-state index in [4.69, 9.17) is 27.2 Å². The van der Waals surface area contributed by atoms with Gasteiger partial charge in [-0.25, -0.2) is 0 Å². The van der Waals surface area contributed by atoms with Gasteiger partial charge in [-0.1, -0.05) is 11.6 Å². The number of halogens is 4. The molecule has 1 aromatic rings. The van der Waals surface area contributed by atoms with Gasteiger partial charge in [-0.3, -0.25) is 20.2 Å². The van der Waals surface area contributed by atoms with Crippen molar-refractivity contribution in [1.29, 1.82) is 5.41 Å². The zero-order valence-corrected chi connectivity index (χ0v) is 16.4. The van der Waals surface area contributed by atoms with E-state index in [2.05, 4.69) is 9.98 Å². The molecule has 12 heteroatoms. The topological polar surface area (TPSA) is 110 Å². The van der Waals surface area contributed by atoms with Crippen LogP contribution >= 0.6 is 23.4 Å². The fourth-order valence-corrected chi connectivity index (χ4v) is 3.08. The Bertz CT molecular complexity index is 689. The third-order valence-electron chi connectivity index (χ3n) is 3.48. The molecule has 0 aliphatic rings. The van der Waals surface area contributed by atoms with Gasteiger partial charge in [-0.2, -0.15) is 24.9 Å². The Labute approximate surface area is 169 Å². The molecule has 1 atom stereocenters. The van der Waals surface area contributed by atoms with Gasteiger partial charge >= 0.3 is 6.18 Å². The van der Waals surface area contributed by atoms with E-state index < -0.39 is 29.7 Å². The first-order valence-electron chi connectivity index (χ1n) is 8.06. The van der Waals surface area contributed by atoms with Crippen LogP contribution in [-0.4, -0.2) is 73.4 Å². The SMILES string of the molecule is CCN(C(=O)CCSCC(O)(O)C(F)(F)F)C(C=Nc1cccnc1)C(=N)Cl. The minimum atomic E-state index is -5.18. The molecule has 1 aromatic heterocycles. The number of nitrogens with one attached hydrogen (secondary N) is 1. The molecule has 0 radical (unpaired) electrons. The maximum Gasteiger partial charge on any atom is 0.443 e. The van der Waals surface area contributed by atoms with Crippen LogP contribution in [0.5, 0.6) is 0 Å². The summed E-state index contributed by atoms with van der Waals surface area (Å²) in [6.07, 6.45) is -0.991. The lowest BCUT2D eigenvalue weighted by Crippen LogP contribution is -2.47. The minimum absolute atomic E-state index is 0.0730. The molecule has 0 fully saturated rings. The molecular formula is C16H20ClF3N4O3S. The molecule has 3 N–H and O–H groups in total. The molecular weight excluding hydrogens is 421 g/mol. The van der Waals surface area contributed by atoms with Crippen LogP contribution in [-0.2, 0) is 4.79 Å². The van der Waals surface area contributed by atoms with Gasteiger partial charge in [0.1, 0.15) is 11.2 Å². The van der Waals surface area contributed by atoms with E-state index >= 15 is 0 Å². The number of nitrogens with zero attached hydrogens (tertiary/aromatic N) is 3. The van der Waals surface area contributed by atoms with Crippen molar-refractivity contribution in [2.45, 2.75) is 31.3 Å². The van der Waals surface area contributed by atoms with Crippen molar-refractivity contribution < 1.29 is 28.2 Å². The first-order valence-corrected chi connectivity index (χ1v) is 9.59. The Morgan fingerprint density at radius 1 is 1.50 bits per heavy atom. The number of carbonyl (C=O) groups is 1. The van der Waals surface area contributed by atoms with E-state index in [0.29, 0.717) is 17.4 Å². The third-order valence-corrected chi connectivity index (χ3v) is 4.81. The van der Waals surface area contributed by atoms with Crippen LogP contribution in [0.1, 0.15) is 13.3 Å². The fraction of sp³-hybridized carbons (Fsp3) is 0.500. The molecule has 1 unspecified atom stereocenters. The monoisotopic (exact) mass is 440 g/mol. The van der Waals surface area contributed by atoms with Crippen LogP contribution < -0.4 is 0 Å². The van der Waals surface area contributed by atoms with E-state index in [1.807, 2.05) is 0 Å². The quantitative estimate of drug-likeness (QED) is 0.294. The molecule has 0 aromatic carbocycles. The van der Waals surface area contributed by atoms with Crippen LogP contribution in [0.15, 0.2) is 29.5 Å². The second-order valence-electron chi connectivity index (χ2n) is 5.58. The smallest absolute Gasteiger partial charge is 0.358 e. The Morgan fingerprint density at radius 3 is 2.68 bits per heavy atom. The molecule has 7 nitrogen and oxygen atoms in total. The lowest BCUT2D eigenvalue weighted by Gasteiger charge is -2.27. The van der Waals surface area contributed by atoms with E-state index in [1.54, 1.807) is 25.3 Å². The van der Waals surface area contributed by atoms with Crippen molar-refractivity contribution >= 4 is 46.3 Å². The molecule has 0 aliphatic heterocycles. The number of aliphatic imine (C=N–C) groups is 1. The summed E-state index contributed by atoms with van der Waals surface area (Å²) < 4.78 is 37.1. The number of rotatable bonds is 10. The summed E-state index contributed by atoms with van der Waals surface area (Å²) in [4.78, 5) is 21.7. The van der Waals surface area contributed by atoms with Gasteiger partial charge < -0.3 is 15.1 Å². The predicted octanol–water partition coefficient (Wildman–Crippen LogP) is 2.58. The van der Waals surface area contributed by atoms with Crippen molar-refractivity contribution in [3.05, 3.63) is 24.5 Å². The second kappa shape index (κ2) is 10.7. The molecule has 156 valence electrons. The summed E-state index contributed by atoms with van der Waals surface area (Å²) in [6.45, 7) is 1.85. The van der Waals surface area contributed by atoms with Crippen LogP contribution in [0.4, 0.5) is 18.9 Å². The first kappa shape index (κ1) is 24.3. The van der Waals surface area contributed by atoms with Gasteiger partial charge in [0.2, 0.25) is 5.91 Å². The number of alkyl halides is 3. The van der Waals surface area contributed by atoms with Gasteiger partial charge in [0.05, 0.1) is 17.6 Å². The average Bonchev–Trinajstić information content (AvgIpc) is 2.61. The number of thioether (sulfide) groups is 1. The number of hydrogen-bond donors (Lipinski definition) is 3. The first-order chi connectivity index (χ1) is 13.0. The molecule has 0 spiro atoms. The fourth-order valence-electron chi connectivity index (χ4n) is 2.00. The number of pyridine rings is 1. The highest BCUT2D eigenvalue weighted by molar-refractivity contribution is 7.99. The Kier molecular flexibility index (Phi) is 9.34. The highest BCUT2D eigenvalue weighted by Crippen LogP contribution is 2.31. The van der Waals surface area contributed by atoms with Gasteiger partial charge in [0, 0.05) is 31.1 Å². The zero-order chi connectivity index (χ0) is 21.4. The molecule has 1 rings (SSSR count). The van der Waals surface area contributed by atoms with Gasteiger partial charge in [-0.15, -0.1) is 0 Å². The van der Waals surface area contributed by atoms with Crippen LogP contribution in [0, 0.1) is 5.41 Å². The summed E-state index contributed by atoms with van der Waals surface area (Å²) in [7, 11) is 0. The largest absolute Gasteiger partial charge is 0.443 e. The number of amides is 1. The Hall–Kier alpha value is -1.69. The molecule has 28 heavy (non-hydrogen) atoms. The number of aromatic nitrogens is 1. The molecule has 0 bridgehead atoms. The highest BCUT2D eigenvalue weighted by Gasteiger charge is 2.52. The van der Waals surface area contributed by atoms with Crippen LogP contribution in [0.3, 0.4) is 0 Å². The average molecular weight is 441 g/mol. The summed E-state index contributed by atoms with van der Waals surface area (Å²) >= 11 is 6.36. The normalized spacial score (nSPS) is 13.5. The zero-order valence-electron chi connectivity index (χ0n) is 14.9. The van der Waals surface area contributed by atoms with E-state index in [0.717, 1.165) is 0 Å². The minimum Gasteiger partial charge on any atom is -0.358 e. The molecule has 0 aliphatic carbocycles.